The number of ether oxygens (including phenoxy) is 1. The first-order valence-electron chi connectivity index (χ1n) is 5.04. The lowest BCUT2D eigenvalue weighted by Crippen LogP contribution is -2.24. The predicted molar refractivity (Wildman–Crippen MR) is 63.0 cm³/mol. The SMILES string of the molecule is CC#CC(=O)NC(C)c1ccc(OC)cc1. The third-order valence-corrected chi connectivity index (χ3v) is 2.20. The summed E-state index contributed by atoms with van der Waals surface area (Å²) in [6, 6.07) is 7.51. The van der Waals surface area contributed by atoms with Crippen molar-refractivity contribution in [3.05, 3.63) is 29.8 Å². The lowest BCUT2D eigenvalue weighted by Gasteiger charge is -2.12. The van der Waals surface area contributed by atoms with Crippen molar-refractivity contribution in [3.8, 4) is 17.6 Å². The first-order chi connectivity index (χ1) is 7.67. The van der Waals surface area contributed by atoms with Gasteiger partial charge in [-0.25, -0.2) is 0 Å². The highest BCUT2D eigenvalue weighted by atomic mass is 16.5. The standard InChI is InChI=1S/C13H15NO2/c1-4-5-13(15)14-10(2)11-6-8-12(16-3)9-7-11/h6-10H,1-3H3,(H,14,15). The molecular weight excluding hydrogens is 202 g/mol. The Morgan fingerprint density at radius 1 is 1.38 bits per heavy atom. The predicted octanol–water partition coefficient (Wildman–Crippen LogP) is 1.90. The number of benzene rings is 1. The van der Waals surface area contributed by atoms with Crippen LogP contribution in [0.2, 0.25) is 0 Å². The van der Waals surface area contributed by atoms with Crippen LogP contribution in [0.5, 0.6) is 5.75 Å². The minimum atomic E-state index is -0.259. The molecule has 0 aromatic heterocycles. The Morgan fingerprint density at radius 3 is 2.50 bits per heavy atom. The van der Waals surface area contributed by atoms with Crippen LogP contribution in [0.15, 0.2) is 24.3 Å². The number of nitrogens with one attached hydrogen (secondary N) is 1. The van der Waals surface area contributed by atoms with Crippen LogP contribution in [-0.2, 0) is 4.79 Å². The van der Waals surface area contributed by atoms with Crippen LogP contribution in [0, 0.1) is 11.8 Å². The molecule has 0 heterocycles. The molecule has 1 atom stereocenters. The summed E-state index contributed by atoms with van der Waals surface area (Å²) in [5.74, 6) is 5.55. The molecule has 1 rings (SSSR count). The second-order valence-corrected chi connectivity index (χ2v) is 3.34. The molecule has 3 heteroatoms. The molecule has 0 spiro atoms. The number of hydrogen-bond donors (Lipinski definition) is 1. The molecule has 0 aliphatic heterocycles. The molecule has 0 fully saturated rings. The first kappa shape index (κ1) is 12.1. The van der Waals surface area contributed by atoms with Crippen LogP contribution in [0.1, 0.15) is 25.5 Å². The van der Waals surface area contributed by atoms with Gasteiger partial charge in [0.25, 0.3) is 5.91 Å². The van der Waals surface area contributed by atoms with E-state index in [1.807, 2.05) is 31.2 Å². The van der Waals surface area contributed by atoms with E-state index in [2.05, 4.69) is 17.2 Å². The second-order valence-electron chi connectivity index (χ2n) is 3.34. The van der Waals surface area contributed by atoms with E-state index in [0.29, 0.717) is 0 Å². The normalized spacial score (nSPS) is 10.9. The minimum Gasteiger partial charge on any atom is -0.497 e. The number of amides is 1. The quantitative estimate of drug-likeness (QED) is 0.785. The summed E-state index contributed by atoms with van der Waals surface area (Å²) < 4.78 is 5.06. The summed E-state index contributed by atoms with van der Waals surface area (Å²) in [5, 5.41) is 2.78. The summed E-state index contributed by atoms with van der Waals surface area (Å²) in [6.07, 6.45) is 0. The van der Waals surface area contributed by atoms with Gasteiger partial charge in [0.05, 0.1) is 13.2 Å². The fourth-order valence-electron chi connectivity index (χ4n) is 1.32. The fraction of sp³-hybridized carbons (Fsp3) is 0.308. The zero-order valence-electron chi connectivity index (χ0n) is 9.70. The summed E-state index contributed by atoms with van der Waals surface area (Å²) in [6.45, 7) is 3.55. The van der Waals surface area contributed by atoms with E-state index in [0.717, 1.165) is 11.3 Å². The zero-order chi connectivity index (χ0) is 12.0. The lowest BCUT2D eigenvalue weighted by atomic mass is 10.1. The first-order valence-corrected chi connectivity index (χ1v) is 5.04. The van der Waals surface area contributed by atoms with Crippen molar-refractivity contribution < 1.29 is 9.53 Å². The smallest absolute Gasteiger partial charge is 0.296 e. The molecule has 0 radical (unpaired) electrons. The Hall–Kier alpha value is -1.95. The van der Waals surface area contributed by atoms with E-state index in [-0.39, 0.29) is 11.9 Å². The van der Waals surface area contributed by atoms with Gasteiger partial charge >= 0.3 is 0 Å². The van der Waals surface area contributed by atoms with Crippen molar-refractivity contribution in [2.24, 2.45) is 0 Å². The second kappa shape index (κ2) is 5.82. The molecule has 1 amide bonds. The molecule has 0 saturated carbocycles. The van der Waals surface area contributed by atoms with Crippen LogP contribution in [-0.4, -0.2) is 13.0 Å². The van der Waals surface area contributed by atoms with Gasteiger partial charge in [0.15, 0.2) is 0 Å². The van der Waals surface area contributed by atoms with E-state index in [1.165, 1.54) is 0 Å². The number of carbonyl (C=O) groups is 1. The van der Waals surface area contributed by atoms with Crippen LogP contribution in [0.3, 0.4) is 0 Å². The largest absolute Gasteiger partial charge is 0.497 e. The molecule has 3 nitrogen and oxygen atoms in total. The van der Waals surface area contributed by atoms with Gasteiger partial charge in [0, 0.05) is 0 Å². The van der Waals surface area contributed by atoms with E-state index < -0.39 is 0 Å². The number of hydrogen-bond acceptors (Lipinski definition) is 2. The summed E-state index contributed by atoms with van der Waals surface area (Å²) in [7, 11) is 1.62. The maximum Gasteiger partial charge on any atom is 0.296 e. The molecule has 1 unspecified atom stereocenters. The topological polar surface area (TPSA) is 38.3 Å². The third kappa shape index (κ3) is 3.32. The average Bonchev–Trinajstić information content (AvgIpc) is 2.29. The number of rotatable bonds is 3. The number of methoxy groups -OCH3 is 1. The fourth-order valence-corrected chi connectivity index (χ4v) is 1.32. The van der Waals surface area contributed by atoms with Gasteiger partial charge in [-0.1, -0.05) is 18.1 Å². The van der Waals surface area contributed by atoms with Gasteiger partial charge in [-0.3, -0.25) is 4.79 Å². The molecule has 1 aromatic rings. The highest BCUT2D eigenvalue weighted by molar-refractivity contribution is 5.93. The van der Waals surface area contributed by atoms with Crippen molar-refractivity contribution in [1.82, 2.24) is 5.32 Å². The maximum absolute atomic E-state index is 11.2. The van der Waals surface area contributed by atoms with E-state index in [1.54, 1.807) is 14.0 Å². The van der Waals surface area contributed by atoms with E-state index in [9.17, 15) is 4.79 Å². The highest BCUT2D eigenvalue weighted by Crippen LogP contribution is 2.16. The van der Waals surface area contributed by atoms with Gasteiger partial charge in [0.2, 0.25) is 0 Å². The Labute approximate surface area is 95.8 Å². The van der Waals surface area contributed by atoms with Crippen molar-refractivity contribution in [2.45, 2.75) is 19.9 Å². The van der Waals surface area contributed by atoms with Gasteiger partial charge in [0.1, 0.15) is 5.75 Å². The lowest BCUT2D eigenvalue weighted by molar-refractivity contribution is -0.116. The molecular formula is C13H15NO2. The van der Waals surface area contributed by atoms with Gasteiger partial charge in [-0.2, -0.15) is 0 Å². The Morgan fingerprint density at radius 2 is 2.00 bits per heavy atom. The van der Waals surface area contributed by atoms with Crippen LogP contribution >= 0.6 is 0 Å². The third-order valence-electron chi connectivity index (χ3n) is 2.20. The summed E-state index contributed by atoms with van der Waals surface area (Å²) >= 11 is 0. The summed E-state index contributed by atoms with van der Waals surface area (Å²) in [5.41, 5.74) is 1.02. The summed E-state index contributed by atoms with van der Waals surface area (Å²) in [4.78, 5) is 11.2. The average molecular weight is 217 g/mol. The van der Waals surface area contributed by atoms with Crippen LogP contribution in [0.4, 0.5) is 0 Å². The Bertz CT molecular complexity index is 412. The monoisotopic (exact) mass is 217 g/mol. The van der Waals surface area contributed by atoms with E-state index in [4.69, 9.17) is 4.74 Å². The van der Waals surface area contributed by atoms with Gasteiger partial charge < -0.3 is 10.1 Å². The maximum atomic E-state index is 11.2. The van der Waals surface area contributed by atoms with Crippen LogP contribution in [0.25, 0.3) is 0 Å². The zero-order valence-corrected chi connectivity index (χ0v) is 9.70. The highest BCUT2D eigenvalue weighted by Gasteiger charge is 2.07. The number of carbonyl (C=O) groups excluding carboxylic acids is 1. The molecule has 1 aromatic carbocycles. The Balaban J connectivity index is 2.67. The molecule has 0 aliphatic rings. The Kier molecular flexibility index (Phi) is 4.41. The van der Waals surface area contributed by atoms with Crippen molar-refractivity contribution in [2.75, 3.05) is 7.11 Å². The van der Waals surface area contributed by atoms with Gasteiger partial charge in [-0.05, 0) is 37.5 Å². The minimum absolute atomic E-state index is 0.0562. The molecule has 0 aliphatic carbocycles. The van der Waals surface area contributed by atoms with Crippen molar-refractivity contribution in [1.29, 1.82) is 0 Å². The van der Waals surface area contributed by atoms with Crippen molar-refractivity contribution >= 4 is 5.91 Å². The molecule has 1 N–H and O–H groups in total. The van der Waals surface area contributed by atoms with Crippen LogP contribution < -0.4 is 10.1 Å². The molecule has 84 valence electrons. The van der Waals surface area contributed by atoms with Gasteiger partial charge in [-0.15, -0.1) is 0 Å². The van der Waals surface area contributed by atoms with E-state index >= 15 is 0 Å². The molecule has 0 bridgehead atoms. The molecule has 16 heavy (non-hydrogen) atoms. The van der Waals surface area contributed by atoms with Crippen molar-refractivity contribution in [3.63, 3.8) is 0 Å². The molecule has 0 saturated heterocycles.